The van der Waals surface area contributed by atoms with Crippen molar-refractivity contribution < 1.29 is 22.7 Å². The standard InChI is InChI=1S/C16H17N3O5S/c1-18-16(21)10-4-3-5-11(8-10)19-25(22,23)12-6-7-14(24-2)13(9-12)15(17)20/h3-9,19H,1-2H3,(H2,17,20)(H,18,21). The Balaban J connectivity index is 2.38. The number of ether oxygens (including phenoxy) is 1. The fraction of sp³-hybridized carbons (Fsp3) is 0.125. The number of hydrogen-bond donors (Lipinski definition) is 3. The Morgan fingerprint density at radius 3 is 2.44 bits per heavy atom. The van der Waals surface area contributed by atoms with Crippen LogP contribution in [0.2, 0.25) is 0 Å². The van der Waals surface area contributed by atoms with Crippen LogP contribution in [-0.4, -0.2) is 34.4 Å². The van der Waals surface area contributed by atoms with E-state index in [9.17, 15) is 18.0 Å². The van der Waals surface area contributed by atoms with Gasteiger partial charge in [-0.15, -0.1) is 0 Å². The summed E-state index contributed by atoms with van der Waals surface area (Å²) in [6.07, 6.45) is 0. The molecule has 0 heterocycles. The number of carbonyl (C=O) groups excluding carboxylic acids is 2. The number of sulfonamides is 1. The maximum atomic E-state index is 12.5. The van der Waals surface area contributed by atoms with Crippen molar-refractivity contribution >= 4 is 27.5 Å². The van der Waals surface area contributed by atoms with Crippen molar-refractivity contribution in [1.29, 1.82) is 0 Å². The van der Waals surface area contributed by atoms with Crippen LogP contribution < -0.4 is 20.5 Å². The van der Waals surface area contributed by atoms with Crippen LogP contribution in [0.15, 0.2) is 47.4 Å². The lowest BCUT2D eigenvalue weighted by atomic mass is 10.2. The van der Waals surface area contributed by atoms with Crippen molar-refractivity contribution in [2.75, 3.05) is 18.9 Å². The Morgan fingerprint density at radius 2 is 1.84 bits per heavy atom. The second-order valence-electron chi connectivity index (χ2n) is 4.99. The third-order valence-electron chi connectivity index (χ3n) is 3.35. The van der Waals surface area contributed by atoms with Gasteiger partial charge in [-0.05, 0) is 36.4 Å². The molecule has 0 saturated heterocycles. The molecule has 0 fully saturated rings. The molecular formula is C16H17N3O5S. The van der Waals surface area contributed by atoms with Crippen LogP contribution in [-0.2, 0) is 10.0 Å². The molecule has 25 heavy (non-hydrogen) atoms. The predicted octanol–water partition coefficient (Wildman–Crippen LogP) is 0.954. The highest BCUT2D eigenvalue weighted by molar-refractivity contribution is 7.92. The maximum Gasteiger partial charge on any atom is 0.261 e. The molecule has 4 N–H and O–H groups in total. The molecular weight excluding hydrogens is 346 g/mol. The van der Waals surface area contributed by atoms with E-state index in [-0.39, 0.29) is 27.8 Å². The zero-order chi connectivity index (χ0) is 18.6. The quantitative estimate of drug-likeness (QED) is 0.704. The van der Waals surface area contributed by atoms with Crippen LogP contribution in [0.1, 0.15) is 20.7 Å². The Kier molecular flexibility index (Phi) is 5.28. The minimum atomic E-state index is -3.99. The van der Waals surface area contributed by atoms with E-state index in [4.69, 9.17) is 10.5 Å². The third-order valence-corrected chi connectivity index (χ3v) is 4.73. The van der Waals surface area contributed by atoms with Crippen LogP contribution in [0.4, 0.5) is 5.69 Å². The average molecular weight is 363 g/mol. The summed E-state index contributed by atoms with van der Waals surface area (Å²) in [6, 6.07) is 9.76. The molecule has 0 aliphatic carbocycles. The van der Waals surface area contributed by atoms with Gasteiger partial charge in [-0.25, -0.2) is 8.42 Å². The maximum absolute atomic E-state index is 12.5. The van der Waals surface area contributed by atoms with Crippen molar-refractivity contribution in [2.24, 2.45) is 5.73 Å². The van der Waals surface area contributed by atoms with E-state index in [0.29, 0.717) is 5.56 Å². The van der Waals surface area contributed by atoms with Crippen LogP contribution in [0.25, 0.3) is 0 Å². The molecule has 0 aliphatic heterocycles. The lowest BCUT2D eigenvalue weighted by molar-refractivity contribution is 0.0961. The molecule has 0 bridgehead atoms. The molecule has 2 aromatic carbocycles. The van der Waals surface area contributed by atoms with E-state index < -0.39 is 15.9 Å². The van der Waals surface area contributed by atoms with Crippen molar-refractivity contribution in [2.45, 2.75) is 4.90 Å². The lowest BCUT2D eigenvalue weighted by Gasteiger charge is -2.11. The summed E-state index contributed by atoms with van der Waals surface area (Å²) in [5.74, 6) is -0.981. The minimum absolute atomic E-state index is 0.0514. The number of primary amides is 1. The zero-order valence-electron chi connectivity index (χ0n) is 13.6. The van der Waals surface area contributed by atoms with Crippen LogP contribution >= 0.6 is 0 Å². The van der Waals surface area contributed by atoms with Gasteiger partial charge in [-0.2, -0.15) is 0 Å². The topological polar surface area (TPSA) is 128 Å². The average Bonchev–Trinajstić information content (AvgIpc) is 2.60. The number of amides is 2. The summed E-state index contributed by atoms with van der Waals surface area (Å²) in [7, 11) is -1.17. The molecule has 0 saturated carbocycles. The van der Waals surface area contributed by atoms with Crippen molar-refractivity contribution in [3.63, 3.8) is 0 Å². The summed E-state index contributed by atoms with van der Waals surface area (Å²) in [6.45, 7) is 0. The first-order valence-electron chi connectivity index (χ1n) is 7.11. The highest BCUT2D eigenvalue weighted by Gasteiger charge is 2.19. The van der Waals surface area contributed by atoms with E-state index in [1.54, 1.807) is 12.1 Å². The van der Waals surface area contributed by atoms with E-state index in [1.807, 2.05) is 0 Å². The SMILES string of the molecule is CNC(=O)c1cccc(NS(=O)(=O)c2ccc(OC)c(C(N)=O)c2)c1. The number of benzene rings is 2. The van der Waals surface area contributed by atoms with Crippen molar-refractivity contribution in [1.82, 2.24) is 5.32 Å². The summed E-state index contributed by atoms with van der Waals surface area (Å²) in [4.78, 5) is 22.9. The monoisotopic (exact) mass is 363 g/mol. The second-order valence-corrected chi connectivity index (χ2v) is 6.67. The number of carbonyl (C=O) groups is 2. The van der Waals surface area contributed by atoms with Crippen LogP contribution in [0.3, 0.4) is 0 Å². The molecule has 0 radical (unpaired) electrons. The number of methoxy groups -OCH3 is 1. The van der Waals surface area contributed by atoms with Crippen molar-refractivity contribution in [3.8, 4) is 5.75 Å². The Labute approximate surface area is 145 Å². The van der Waals surface area contributed by atoms with Gasteiger partial charge in [0.15, 0.2) is 0 Å². The first kappa shape index (κ1) is 18.3. The van der Waals surface area contributed by atoms with Gasteiger partial charge in [0.25, 0.3) is 21.8 Å². The first-order valence-corrected chi connectivity index (χ1v) is 8.59. The summed E-state index contributed by atoms with van der Waals surface area (Å²) >= 11 is 0. The number of nitrogens with one attached hydrogen (secondary N) is 2. The predicted molar refractivity (Wildman–Crippen MR) is 92.2 cm³/mol. The minimum Gasteiger partial charge on any atom is -0.496 e. The summed E-state index contributed by atoms with van der Waals surface area (Å²) in [5, 5.41) is 2.45. The molecule has 2 amide bonds. The van der Waals surface area contributed by atoms with Gasteiger partial charge >= 0.3 is 0 Å². The Morgan fingerprint density at radius 1 is 1.12 bits per heavy atom. The van der Waals surface area contributed by atoms with E-state index in [0.717, 1.165) is 6.07 Å². The van der Waals surface area contributed by atoms with E-state index >= 15 is 0 Å². The largest absolute Gasteiger partial charge is 0.496 e. The fourth-order valence-electron chi connectivity index (χ4n) is 2.13. The molecule has 8 nitrogen and oxygen atoms in total. The van der Waals surface area contributed by atoms with Gasteiger partial charge < -0.3 is 15.8 Å². The van der Waals surface area contributed by atoms with Gasteiger partial charge in [0.2, 0.25) is 0 Å². The summed E-state index contributed by atoms with van der Waals surface area (Å²) < 4.78 is 32.4. The number of hydrogen-bond acceptors (Lipinski definition) is 5. The first-order chi connectivity index (χ1) is 11.8. The number of rotatable bonds is 6. The summed E-state index contributed by atoms with van der Waals surface area (Å²) in [5.41, 5.74) is 5.70. The molecule has 9 heteroatoms. The van der Waals surface area contributed by atoms with Crippen LogP contribution in [0.5, 0.6) is 5.75 Å². The number of nitrogens with two attached hydrogens (primary N) is 1. The Hall–Kier alpha value is -3.07. The molecule has 0 spiro atoms. The molecule has 0 unspecified atom stereocenters. The smallest absolute Gasteiger partial charge is 0.261 e. The fourth-order valence-corrected chi connectivity index (χ4v) is 3.20. The second kappa shape index (κ2) is 7.22. The lowest BCUT2D eigenvalue weighted by Crippen LogP contribution is -2.19. The Bertz CT molecular complexity index is 925. The zero-order valence-corrected chi connectivity index (χ0v) is 14.4. The third kappa shape index (κ3) is 4.07. The van der Waals surface area contributed by atoms with E-state index in [1.165, 1.54) is 38.4 Å². The number of anilines is 1. The van der Waals surface area contributed by atoms with E-state index in [2.05, 4.69) is 10.0 Å². The molecule has 0 aromatic heterocycles. The molecule has 2 rings (SSSR count). The van der Waals surface area contributed by atoms with Crippen LogP contribution in [0, 0.1) is 0 Å². The normalized spacial score (nSPS) is 10.8. The molecule has 0 aliphatic rings. The molecule has 2 aromatic rings. The van der Waals surface area contributed by atoms with Gasteiger partial charge in [-0.3, -0.25) is 14.3 Å². The highest BCUT2D eigenvalue weighted by atomic mass is 32.2. The highest BCUT2D eigenvalue weighted by Crippen LogP contribution is 2.24. The van der Waals surface area contributed by atoms with Gasteiger partial charge in [0, 0.05) is 18.3 Å². The molecule has 0 atom stereocenters. The van der Waals surface area contributed by atoms with Crippen molar-refractivity contribution in [3.05, 3.63) is 53.6 Å². The van der Waals surface area contributed by atoms with Gasteiger partial charge in [0.1, 0.15) is 5.75 Å². The van der Waals surface area contributed by atoms with Gasteiger partial charge in [0.05, 0.1) is 17.6 Å². The van der Waals surface area contributed by atoms with Gasteiger partial charge in [-0.1, -0.05) is 6.07 Å². The molecule has 132 valence electrons.